The molecule has 3 fully saturated rings. The molecule has 9 nitrogen and oxygen atoms in total. The zero-order valence-corrected chi connectivity index (χ0v) is 21.5. The lowest BCUT2D eigenvalue weighted by atomic mass is 10.1. The van der Waals surface area contributed by atoms with Gasteiger partial charge >= 0.3 is 0 Å². The van der Waals surface area contributed by atoms with E-state index in [0.717, 1.165) is 15.5 Å². The summed E-state index contributed by atoms with van der Waals surface area (Å²) in [6.07, 6.45) is -0.181. The predicted molar refractivity (Wildman–Crippen MR) is 131 cm³/mol. The number of benzene rings is 2. The topological polar surface area (TPSA) is 93.2 Å². The lowest BCUT2D eigenvalue weighted by Crippen LogP contribution is -2.37. The van der Waals surface area contributed by atoms with Crippen molar-refractivity contribution in [1.82, 2.24) is 9.97 Å². The van der Waals surface area contributed by atoms with Gasteiger partial charge in [0.1, 0.15) is 30.5 Å². The molecule has 3 aromatic rings. The molecule has 0 saturated carbocycles. The molecule has 0 aliphatic carbocycles. The van der Waals surface area contributed by atoms with Crippen LogP contribution in [0.5, 0.6) is 11.5 Å². The van der Waals surface area contributed by atoms with E-state index in [4.69, 9.17) is 40.0 Å². The zero-order chi connectivity index (χ0) is 24.3. The fourth-order valence-corrected chi connectivity index (χ4v) is 5.11. The molecule has 3 aliphatic heterocycles. The first-order valence-corrected chi connectivity index (χ1v) is 12.3. The van der Waals surface area contributed by atoms with Gasteiger partial charge in [-0.05, 0) is 54.0 Å². The summed E-state index contributed by atoms with van der Waals surface area (Å²) in [6, 6.07) is 9.26. The number of methoxy groups -OCH3 is 1. The summed E-state index contributed by atoms with van der Waals surface area (Å²) in [5, 5.41) is 4.66. The van der Waals surface area contributed by atoms with Crippen LogP contribution in [-0.4, -0.2) is 60.2 Å². The van der Waals surface area contributed by atoms with Crippen LogP contribution in [0.3, 0.4) is 0 Å². The largest absolute Gasteiger partial charge is 0.493 e. The van der Waals surface area contributed by atoms with E-state index in [9.17, 15) is 0 Å². The maximum atomic E-state index is 6.33. The fraction of sp³-hybridized carbons (Fsp3) is 0.417. The van der Waals surface area contributed by atoms with E-state index < -0.39 is 12.1 Å². The van der Waals surface area contributed by atoms with Crippen LogP contribution in [0.1, 0.15) is 13.8 Å². The summed E-state index contributed by atoms with van der Waals surface area (Å²) in [7, 11) is 1.59. The van der Waals surface area contributed by atoms with Crippen molar-refractivity contribution in [2.75, 3.05) is 19.0 Å². The van der Waals surface area contributed by atoms with Crippen LogP contribution in [0, 0.1) is 0 Å². The molecule has 3 aliphatic rings. The molecular formula is C24H23BrClN3O6. The quantitative estimate of drug-likeness (QED) is 0.468. The number of ether oxygens (including phenoxy) is 6. The number of fused-ring (bicyclic) bond motifs is 4. The van der Waals surface area contributed by atoms with Gasteiger partial charge in [-0.2, -0.15) is 0 Å². The fourth-order valence-electron chi connectivity index (χ4n) is 4.68. The molecular weight excluding hydrogens is 542 g/mol. The van der Waals surface area contributed by atoms with Crippen LogP contribution >= 0.6 is 27.5 Å². The molecule has 35 heavy (non-hydrogen) atoms. The van der Waals surface area contributed by atoms with Crippen molar-refractivity contribution in [3.05, 3.63) is 46.2 Å². The number of hydrogen-bond acceptors (Lipinski definition) is 9. The molecule has 0 radical (unpaired) electrons. The first-order chi connectivity index (χ1) is 16.8. The maximum absolute atomic E-state index is 6.33. The summed E-state index contributed by atoms with van der Waals surface area (Å²) in [5.41, 5.74) is 1.48. The Morgan fingerprint density at radius 1 is 1.09 bits per heavy atom. The summed E-state index contributed by atoms with van der Waals surface area (Å²) in [6.45, 7) is 4.09. The Hall–Kier alpha value is -2.21. The van der Waals surface area contributed by atoms with Crippen LogP contribution in [0.15, 0.2) is 41.1 Å². The second-order valence-electron chi connectivity index (χ2n) is 9.02. The van der Waals surface area contributed by atoms with Gasteiger partial charge in [0.05, 0.1) is 24.3 Å². The molecule has 0 spiro atoms. The third-order valence-electron chi connectivity index (χ3n) is 6.23. The van der Waals surface area contributed by atoms with Gasteiger partial charge in [0.25, 0.3) is 0 Å². The van der Waals surface area contributed by atoms with Crippen LogP contribution in [0.4, 0.5) is 11.5 Å². The van der Waals surface area contributed by atoms with Crippen molar-refractivity contribution in [3.63, 3.8) is 0 Å². The maximum Gasteiger partial charge on any atom is 0.190 e. The first-order valence-electron chi connectivity index (χ1n) is 11.2. The van der Waals surface area contributed by atoms with E-state index in [2.05, 4.69) is 31.2 Å². The second-order valence-corrected chi connectivity index (χ2v) is 10.3. The van der Waals surface area contributed by atoms with E-state index in [0.29, 0.717) is 34.5 Å². The van der Waals surface area contributed by atoms with Gasteiger partial charge in [-0.25, -0.2) is 9.97 Å². The van der Waals surface area contributed by atoms with Crippen LogP contribution in [0.2, 0.25) is 5.02 Å². The predicted octanol–water partition coefficient (Wildman–Crippen LogP) is 4.82. The van der Waals surface area contributed by atoms with Crippen molar-refractivity contribution < 1.29 is 28.4 Å². The summed E-state index contributed by atoms with van der Waals surface area (Å²) >= 11 is 9.64. The standard InChI is InChI=1S/C24H23BrClN3O6/c1-24(2)34-21-20-19(33-23(21)35-24)18(9-31-20)32-17-8-15-12(7-16(17)30-3)22(28-10-27-15)29-11-4-5-13(25)14(26)6-11/h4-8,10,18-21,23H,9H2,1-3H3,(H,27,28,29)/t18-,19+,20-,21+,23?/m1/s1. The van der Waals surface area contributed by atoms with Gasteiger partial charge in [-0.1, -0.05) is 11.6 Å². The van der Waals surface area contributed by atoms with Gasteiger partial charge in [-0.15, -0.1) is 0 Å². The van der Waals surface area contributed by atoms with E-state index in [1.165, 1.54) is 6.33 Å². The summed E-state index contributed by atoms with van der Waals surface area (Å²) in [4.78, 5) is 8.84. The van der Waals surface area contributed by atoms with Crippen LogP contribution < -0.4 is 14.8 Å². The minimum Gasteiger partial charge on any atom is -0.493 e. The van der Waals surface area contributed by atoms with Crippen molar-refractivity contribution >= 4 is 49.9 Å². The third kappa shape index (κ3) is 4.22. The molecule has 6 rings (SSSR count). The average Bonchev–Trinajstić information content (AvgIpc) is 3.45. The molecule has 3 saturated heterocycles. The van der Waals surface area contributed by atoms with Crippen molar-refractivity contribution in [1.29, 1.82) is 0 Å². The minimum absolute atomic E-state index is 0.255. The summed E-state index contributed by atoms with van der Waals surface area (Å²) < 4.78 is 36.7. The number of rotatable bonds is 5. The number of hydrogen-bond donors (Lipinski definition) is 1. The van der Waals surface area contributed by atoms with Gasteiger partial charge < -0.3 is 33.7 Å². The highest BCUT2D eigenvalue weighted by Gasteiger charge is 2.60. The molecule has 11 heteroatoms. The molecule has 1 unspecified atom stereocenters. The number of nitrogens with one attached hydrogen (secondary N) is 1. The molecule has 0 amide bonds. The Bertz CT molecular complexity index is 1290. The summed E-state index contributed by atoms with van der Waals surface area (Å²) in [5.74, 6) is 0.997. The van der Waals surface area contributed by atoms with Gasteiger partial charge in [-0.3, -0.25) is 0 Å². The highest BCUT2D eigenvalue weighted by molar-refractivity contribution is 9.10. The molecule has 184 valence electrons. The Labute approximate surface area is 215 Å². The molecule has 4 heterocycles. The highest BCUT2D eigenvalue weighted by Crippen LogP contribution is 2.44. The van der Waals surface area contributed by atoms with Gasteiger partial charge in [0.15, 0.2) is 29.7 Å². The van der Waals surface area contributed by atoms with E-state index >= 15 is 0 Å². The third-order valence-corrected chi connectivity index (χ3v) is 7.46. The Morgan fingerprint density at radius 3 is 2.74 bits per heavy atom. The van der Waals surface area contributed by atoms with E-state index in [1.54, 1.807) is 7.11 Å². The minimum atomic E-state index is -0.697. The monoisotopic (exact) mass is 563 g/mol. The van der Waals surface area contributed by atoms with Gasteiger partial charge in [0.2, 0.25) is 0 Å². The molecule has 1 aromatic heterocycles. The average molecular weight is 565 g/mol. The zero-order valence-electron chi connectivity index (χ0n) is 19.2. The van der Waals surface area contributed by atoms with E-state index in [1.807, 2.05) is 44.2 Å². The molecule has 0 bridgehead atoms. The van der Waals surface area contributed by atoms with Crippen molar-refractivity contribution in [3.8, 4) is 11.5 Å². The Balaban J connectivity index is 1.26. The van der Waals surface area contributed by atoms with E-state index in [-0.39, 0.29) is 24.4 Å². The highest BCUT2D eigenvalue weighted by atomic mass is 79.9. The number of halogens is 2. The van der Waals surface area contributed by atoms with Crippen molar-refractivity contribution in [2.24, 2.45) is 0 Å². The number of nitrogens with zero attached hydrogens (tertiary/aromatic N) is 2. The van der Waals surface area contributed by atoms with Crippen LogP contribution in [-0.2, 0) is 18.9 Å². The smallest absolute Gasteiger partial charge is 0.190 e. The lowest BCUT2D eigenvalue weighted by Gasteiger charge is -2.23. The number of aromatic nitrogens is 2. The Morgan fingerprint density at radius 2 is 1.94 bits per heavy atom. The molecule has 2 aromatic carbocycles. The van der Waals surface area contributed by atoms with Gasteiger partial charge in [0, 0.05) is 21.6 Å². The molecule has 5 atom stereocenters. The first kappa shape index (κ1) is 23.2. The lowest BCUT2D eigenvalue weighted by molar-refractivity contribution is -0.213. The van der Waals surface area contributed by atoms with Crippen molar-refractivity contribution in [2.45, 2.75) is 50.3 Å². The normalized spacial score (nSPS) is 28.7. The second kappa shape index (κ2) is 8.72. The van der Waals surface area contributed by atoms with Crippen LogP contribution in [0.25, 0.3) is 10.9 Å². The Kier molecular flexibility index (Phi) is 5.78. The number of anilines is 2. The SMILES string of the molecule is COc1cc2c(Nc3ccc(Br)c(Cl)c3)ncnc2cc1O[C@@H]1CO[C@@H]2[C@H]1OC1OC(C)(C)O[C@H]12. The molecule has 1 N–H and O–H groups in total.